The summed E-state index contributed by atoms with van der Waals surface area (Å²) in [7, 11) is 2.06. The third-order valence-corrected chi connectivity index (χ3v) is 4.52. The fraction of sp³-hybridized carbons (Fsp3) is 0.933. The summed E-state index contributed by atoms with van der Waals surface area (Å²) in [4.78, 5) is 9.25. The van der Waals surface area contributed by atoms with E-state index in [1.807, 2.05) is 0 Å². The number of nitrogens with zero attached hydrogens (tertiary/aromatic N) is 3. The van der Waals surface area contributed by atoms with Crippen molar-refractivity contribution in [3.05, 3.63) is 0 Å². The Bertz CT molecular complexity index is 299. The van der Waals surface area contributed by atoms with Crippen LogP contribution in [0.4, 0.5) is 0 Å². The normalized spacial score (nSPS) is 25.6. The van der Waals surface area contributed by atoms with Gasteiger partial charge >= 0.3 is 0 Å². The van der Waals surface area contributed by atoms with E-state index in [-0.39, 0.29) is 0 Å². The highest BCUT2D eigenvalue weighted by Gasteiger charge is 2.27. The molecule has 2 aliphatic rings. The first kappa shape index (κ1) is 14.6. The molecule has 1 aliphatic carbocycles. The molecule has 1 heterocycles. The number of hydrogen-bond donors (Lipinski definition) is 1. The number of likely N-dealkylation sites (tertiary alicyclic amines) is 1. The fourth-order valence-corrected chi connectivity index (χ4v) is 2.87. The predicted octanol–water partition coefficient (Wildman–Crippen LogP) is 2.05. The molecule has 1 aliphatic heterocycles. The molecule has 1 unspecified atom stereocenters. The maximum atomic E-state index is 5.97. The summed E-state index contributed by atoms with van der Waals surface area (Å²) in [5.74, 6) is 0.730. The van der Waals surface area contributed by atoms with E-state index in [0.717, 1.165) is 25.0 Å². The number of rotatable bonds is 6. The number of unbranched alkanes of at least 4 members (excludes halogenated alkanes) is 1. The van der Waals surface area contributed by atoms with Gasteiger partial charge in [-0.05, 0) is 58.5 Å². The van der Waals surface area contributed by atoms with Crippen LogP contribution >= 0.6 is 0 Å². The lowest BCUT2D eigenvalue weighted by Gasteiger charge is -2.33. The Hall–Kier alpha value is -0.770. The molecule has 2 N–H and O–H groups in total. The Morgan fingerprint density at radius 3 is 2.74 bits per heavy atom. The second-order valence-electron chi connectivity index (χ2n) is 6.17. The van der Waals surface area contributed by atoms with E-state index in [0.29, 0.717) is 6.04 Å². The lowest BCUT2D eigenvalue weighted by molar-refractivity contribution is 0.158. The first-order valence-corrected chi connectivity index (χ1v) is 7.95. The Labute approximate surface area is 118 Å². The molecule has 0 aromatic rings. The van der Waals surface area contributed by atoms with E-state index in [2.05, 4.69) is 28.8 Å². The number of hydrogen-bond acceptors (Lipinski definition) is 2. The molecule has 0 aromatic carbocycles. The van der Waals surface area contributed by atoms with Gasteiger partial charge in [-0.1, -0.05) is 6.42 Å². The summed E-state index contributed by atoms with van der Waals surface area (Å²) >= 11 is 0. The molecule has 0 bridgehead atoms. The average molecular weight is 266 g/mol. The highest BCUT2D eigenvalue weighted by atomic mass is 15.3. The van der Waals surface area contributed by atoms with Gasteiger partial charge in [0.15, 0.2) is 5.96 Å². The Morgan fingerprint density at radius 2 is 2.05 bits per heavy atom. The molecule has 4 nitrogen and oxygen atoms in total. The molecule has 110 valence electrons. The highest BCUT2D eigenvalue weighted by molar-refractivity contribution is 5.78. The minimum Gasteiger partial charge on any atom is -0.370 e. The zero-order chi connectivity index (χ0) is 13.7. The quantitative estimate of drug-likeness (QED) is 0.455. The van der Waals surface area contributed by atoms with E-state index in [1.165, 1.54) is 51.6 Å². The maximum absolute atomic E-state index is 5.97. The SMILES string of the molecule is CC1CCCCN1CCCCN=C(N)N(C)C1CC1. The molecule has 2 fully saturated rings. The first-order valence-electron chi connectivity index (χ1n) is 7.95. The maximum Gasteiger partial charge on any atom is 0.191 e. The first-order chi connectivity index (χ1) is 9.18. The Kier molecular flexibility index (Phi) is 5.49. The van der Waals surface area contributed by atoms with E-state index in [9.17, 15) is 0 Å². The summed E-state index contributed by atoms with van der Waals surface area (Å²) in [6.07, 6.45) is 9.11. The predicted molar refractivity (Wildman–Crippen MR) is 81.4 cm³/mol. The van der Waals surface area contributed by atoms with Crippen LogP contribution in [-0.4, -0.2) is 54.5 Å². The Balaban J connectivity index is 1.57. The van der Waals surface area contributed by atoms with E-state index < -0.39 is 0 Å². The van der Waals surface area contributed by atoms with Crippen molar-refractivity contribution in [1.29, 1.82) is 0 Å². The Morgan fingerprint density at radius 1 is 1.26 bits per heavy atom. The van der Waals surface area contributed by atoms with Crippen LogP contribution in [0, 0.1) is 0 Å². The topological polar surface area (TPSA) is 44.9 Å². The molecule has 0 amide bonds. The fourth-order valence-electron chi connectivity index (χ4n) is 2.87. The average Bonchev–Trinajstić information content (AvgIpc) is 3.23. The summed E-state index contributed by atoms with van der Waals surface area (Å²) in [5.41, 5.74) is 5.97. The monoisotopic (exact) mass is 266 g/mol. The van der Waals surface area contributed by atoms with Gasteiger partial charge in [0.25, 0.3) is 0 Å². The van der Waals surface area contributed by atoms with Crippen LogP contribution in [0.25, 0.3) is 0 Å². The summed E-state index contributed by atoms with van der Waals surface area (Å²) in [6.45, 7) is 5.76. The van der Waals surface area contributed by atoms with Crippen molar-refractivity contribution in [1.82, 2.24) is 9.80 Å². The zero-order valence-corrected chi connectivity index (χ0v) is 12.6. The largest absolute Gasteiger partial charge is 0.370 e. The van der Waals surface area contributed by atoms with Crippen molar-refractivity contribution in [3.8, 4) is 0 Å². The van der Waals surface area contributed by atoms with Crippen molar-refractivity contribution in [2.45, 2.75) is 64.0 Å². The zero-order valence-electron chi connectivity index (χ0n) is 12.6. The van der Waals surface area contributed by atoms with Crippen molar-refractivity contribution < 1.29 is 0 Å². The summed E-state index contributed by atoms with van der Waals surface area (Å²) in [5, 5.41) is 0. The minimum absolute atomic E-state index is 0.665. The molecule has 0 aromatic heterocycles. The lowest BCUT2D eigenvalue weighted by atomic mass is 10.0. The van der Waals surface area contributed by atoms with Crippen LogP contribution in [0.1, 0.15) is 51.9 Å². The number of aliphatic imine (C=N–C) groups is 1. The smallest absolute Gasteiger partial charge is 0.191 e. The van der Waals surface area contributed by atoms with Gasteiger partial charge < -0.3 is 15.5 Å². The van der Waals surface area contributed by atoms with Crippen molar-refractivity contribution in [3.63, 3.8) is 0 Å². The van der Waals surface area contributed by atoms with Crippen LogP contribution in [0.15, 0.2) is 4.99 Å². The van der Waals surface area contributed by atoms with Crippen molar-refractivity contribution >= 4 is 5.96 Å². The van der Waals surface area contributed by atoms with Gasteiger partial charge in [0.05, 0.1) is 0 Å². The van der Waals surface area contributed by atoms with Gasteiger partial charge in [0.1, 0.15) is 0 Å². The molecule has 1 atom stereocenters. The van der Waals surface area contributed by atoms with Crippen LogP contribution in [0.5, 0.6) is 0 Å². The third kappa shape index (κ3) is 4.68. The third-order valence-electron chi connectivity index (χ3n) is 4.52. The molecular weight excluding hydrogens is 236 g/mol. The van der Waals surface area contributed by atoms with E-state index >= 15 is 0 Å². The van der Waals surface area contributed by atoms with Gasteiger partial charge in [-0.3, -0.25) is 4.99 Å². The van der Waals surface area contributed by atoms with E-state index in [1.54, 1.807) is 0 Å². The van der Waals surface area contributed by atoms with Gasteiger partial charge in [0, 0.05) is 25.7 Å². The molecule has 19 heavy (non-hydrogen) atoms. The van der Waals surface area contributed by atoms with Crippen molar-refractivity contribution in [2.24, 2.45) is 10.7 Å². The molecule has 4 heteroatoms. The molecule has 0 radical (unpaired) electrons. The summed E-state index contributed by atoms with van der Waals surface area (Å²) < 4.78 is 0. The van der Waals surface area contributed by atoms with Gasteiger partial charge in [-0.15, -0.1) is 0 Å². The molecular formula is C15H30N4. The van der Waals surface area contributed by atoms with Crippen LogP contribution in [0.3, 0.4) is 0 Å². The van der Waals surface area contributed by atoms with Gasteiger partial charge in [0.2, 0.25) is 0 Å². The highest BCUT2D eigenvalue weighted by Crippen LogP contribution is 2.24. The van der Waals surface area contributed by atoms with Crippen LogP contribution < -0.4 is 5.73 Å². The molecule has 1 saturated carbocycles. The van der Waals surface area contributed by atoms with Crippen LogP contribution in [0.2, 0.25) is 0 Å². The summed E-state index contributed by atoms with van der Waals surface area (Å²) in [6, 6.07) is 1.45. The van der Waals surface area contributed by atoms with Gasteiger partial charge in [-0.2, -0.15) is 0 Å². The number of guanidine groups is 1. The number of nitrogens with two attached hydrogens (primary N) is 1. The lowest BCUT2D eigenvalue weighted by Crippen LogP contribution is -2.38. The molecule has 0 spiro atoms. The second-order valence-corrected chi connectivity index (χ2v) is 6.17. The van der Waals surface area contributed by atoms with Gasteiger partial charge in [-0.25, -0.2) is 0 Å². The number of piperidine rings is 1. The standard InChI is InChI=1S/C15H30N4/c1-13-7-3-5-11-19(13)12-6-4-10-17-15(16)18(2)14-8-9-14/h13-14H,3-12H2,1-2H3,(H2,16,17). The van der Waals surface area contributed by atoms with E-state index in [4.69, 9.17) is 5.73 Å². The van der Waals surface area contributed by atoms with Crippen LogP contribution in [-0.2, 0) is 0 Å². The molecule has 1 saturated heterocycles. The van der Waals surface area contributed by atoms with Crippen molar-refractivity contribution in [2.75, 3.05) is 26.7 Å². The minimum atomic E-state index is 0.665. The molecule has 2 rings (SSSR count). The second kappa shape index (κ2) is 7.13.